The molecule has 6 nitrogen and oxygen atoms in total. The molecule has 1 aromatic heterocycles. The third-order valence-corrected chi connectivity index (χ3v) is 4.48. The first-order valence-corrected chi connectivity index (χ1v) is 7.49. The third kappa shape index (κ3) is 3.11. The first-order valence-electron chi connectivity index (χ1n) is 5.63. The normalized spacial score (nSPS) is 20.2. The van der Waals surface area contributed by atoms with Gasteiger partial charge in [0.15, 0.2) is 0 Å². The van der Waals surface area contributed by atoms with Crippen LogP contribution in [-0.4, -0.2) is 32.5 Å². The predicted octanol–water partition coefficient (Wildman–Crippen LogP) is 0.348. The number of halogens is 1. The average Bonchev–Trinajstić information content (AvgIpc) is 2.83. The van der Waals surface area contributed by atoms with Gasteiger partial charge in [-0.25, -0.2) is 18.1 Å². The number of nitrogens with one attached hydrogen (secondary N) is 2. The Bertz CT molecular complexity index is 529. The molecule has 0 spiro atoms. The number of sulfonamides is 1. The lowest BCUT2D eigenvalue weighted by Gasteiger charge is -2.12. The lowest BCUT2D eigenvalue weighted by atomic mass is 10.2. The van der Waals surface area contributed by atoms with Crippen LogP contribution in [0.3, 0.4) is 0 Å². The number of hydrogen-bond donors (Lipinski definition) is 3. The first-order chi connectivity index (χ1) is 8.49. The van der Waals surface area contributed by atoms with Crippen molar-refractivity contribution < 1.29 is 8.42 Å². The Morgan fingerprint density at radius 1 is 1.61 bits per heavy atom. The number of nitrogens with zero attached hydrogens (tertiary/aromatic N) is 1. The minimum atomic E-state index is -3.66. The predicted molar refractivity (Wildman–Crippen MR) is 69.9 cm³/mol. The molecule has 4 N–H and O–H groups in total. The van der Waals surface area contributed by atoms with E-state index in [4.69, 9.17) is 17.3 Å². The van der Waals surface area contributed by atoms with Crippen LogP contribution in [0.4, 0.5) is 5.82 Å². The van der Waals surface area contributed by atoms with Crippen LogP contribution < -0.4 is 15.8 Å². The highest BCUT2D eigenvalue weighted by molar-refractivity contribution is 7.89. The zero-order chi connectivity index (χ0) is 13.2. The van der Waals surface area contributed by atoms with Crippen molar-refractivity contribution in [1.82, 2.24) is 15.0 Å². The molecule has 0 radical (unpaired) electrons. The molecule has 18 heavy (non-hydrogen) atoms. The lowest BCUT2D eigenvalue weighted by Crippen LogP contribution is -2.37. The molecule has 1 atom stereocenters. The van der Waals surface area contributed by atoms with Gasteiger partial charge >= 0.3 is 0 Å². The van der Waals surface area contributed by atoms with Gasteiger partial charge in [-0.05, 0) is 25.5 Å². The van der Waals surface area contributed by atoms with Gasteiger partial charge in [0.1, 0.15) is 10.7 Å². The number of hydrogen-bond acceptors (Lipinski definition) is 5. The van der Waals surface area contributed by atoms with E-state index in [1.165, 1.54) is 12.3 Å². The summed E-state index contributed by atoms with van der Waals surface area (Å²) in [5, 5.41) is 3.45. The van der Waals surface area contributed by atoms with E-state index < -0.39 is 10.0 Å². The van der Waals surface area contributed by atoms with Crippen LogP contribution in [0.15, 0.2) is 17.2 Å². The molecule has 100 valence electrons. The maximum Gasteiger partial charge on any atom is 0.244 e. The van der Waals surface area contributed by atoms with Gasteiger partial charge in [0, 0.05) is 18.8 Å². The smallest absolute Gasteiger partial charge is 0.244 e. The zero-order valence-corrected chi connectivity index (χ0v) is 11.3. The van der Waals surface area contributed by atoms with E-state index in [1.54, 1.807) is 0 Å². The second-order valence-corrected chi connectivity index (χ2v) is 6.35. The van der Waals surface area contributed by atoms with E-state index in [1.807, 2.05) is 0 Å². The van der Waals surface area contributed by atoms with Gasteiger partial charge in [0.2, 0.25) is 10.0 Å². The quantitative estimate of drug-likeness (QED) is 0.743. The fourth-order valence-corrected chi connectivity index (χ4v) is 3.27. The van der Waals surface area contributed by atoms with Crippen LogP contribution in [-0.2, 0) is 10.0 Å². The monoisotopic (exact) mass is 290 g/mol. The summed E-state index contributed by atoms with van der Waals surface area (Å²) in [6.45, 7) is 1.27. The Morgan fingerprint density at radius 3 is 3.06 bits per heavy atom. The largest absolute Gasteiger partial charge is 0.383 e. The Hall–Kier alpha value is -0.890. The molecule has 1 fully saturated rings. The van der Waals surface area contributed by atoms with E-state index in [2.05, 4.69) is 15.0 Å². The Labute approximate surface area is 111 Å². The van der Waals surface area contributed by atoms with Crippen molar-refractivity contribution in [3.05, 3.63) is 17.3 Å². The lowest BCUT2D eigenvalue weighted by molar-refractivity contribution is 0.552. The van der Waals surface area contributed by atoms with Crippen molar-refractivity contribution in [1.29, 1.82) is 0 Å². The van der Waals surface area contributed by atoms with Crippen LogP contribution in [0.5, 0.6) is 0 Å². The highest BCUT2D eigenvalue weighted by Gasteiger charge is 2.21. The number of aromatic nitrogens is 1. The Kier molecular flexibility index (Phi) is 4.06. The van der Waals surface area contributed by atoms with Crippen molar-refractivity contribution in [2.75, 3.05) is 18.8 Å². The molecule has 2 heterocycles. The number of pyridine rings is 1. The third-order valence-electron chi connectivity index (χ3n) is 2.82. The fourth-order valence-electron chi connectivity index (χ4n) is 1.87. The van der Waals surface area contributed by atoms with E-state index in [0.717, 1.165) is 19.4 Å². The van der Waals surface area contributed by atoms with Crippen molar-refractivity contribution in [2.24, 2.45) is 0 Å². The summed E-state index contributed by atoms with van der Waals surface area (Å²) in [7, 11) is -3.66. The van der Waals surface area contributed by atoms with Gasteiger partial charge in [-0.3, -0.25) is 0 Å². The summed E-state index contributed by atoms with van der Waals surface area (Å²) in [4.78, 5) is 3.66. The van der Waals surface area contributed by atoms with Crippen LogP contribution in [0, 0.1) is 0 Å². The molecule has 1 aliphatic rings. The van der Waals surface area contributed by atoms with Gasteiger partial charge in [0.05, 0.1) is 5.02 Å². The molecular formula is C10H15ClN4O2S. The number of rotatable bonds is 4. The molecule has 0 bridgehead atoms. The molecule has 0 aliphatic carbocycles. The minimum absolute atomic E-state index is 0.0497. The number of anilines is 1. The van der Waals surface area contributed by atoms with E-state index in [-0.39, 0.29) is 21.8 Å². The molecule has 1 saturated heterocycles. The van der Waals surface area contributed by atoms with Gasteiger partial charge in [-0.2, -0.15) is 0 Å². The SMILES string of the molecule is Nc1ncc(Cl)cc1S(=O)(=O)NCC1CCCN1. The number of nitrogen functional groups attached to an aromatic ring is 1. The molecule has 1 unspecified atom stereocenters. The van der Waals surface area contributed by atoms with Crippen molar-refractivity contribution in [3.63, 3.8) is 0 Å². The fraction of sp³-hybridized carbons (Fsp3) is 0.500. The first kappa shape index (κ1) is 13.5. The molecule has 1 aliphatic heterocycles. The van der Waals surface area contributed by atoms with E-state index in [9.17, 15) is 8.42 Å². The molecule has 0 aromatic carbocycles. The Morgan fingerprint density at radius 2 is 2.39 bits per heavy atom. The summed E-state index contributed by atoms with van der Waals surface area (Å²) in [6, 6.07) is 1.47. The van der Waals surface area contributed by atoms with Crippen LogP contribution in [0.1, 0.15) is 12.8 Å². The molecule has 2 rings (SSSR count). The number of nitrogens with two attached hydrogens (primary N) is 1. The molecule has 1 aromatic rings. The van der Waals surface area contributed by atoms with Gasteiger partial charge < -0.3 is 11.1 Å². The van der Waals surface area contributed by atoms with Gasteiger partial charge in [0.25, 0.3) is 0 Å². The summed E-state index contributed by atoms with van der Waals surface area (Å²) < 4.78 is 26.6. The summed E-state index contributed by atoms with van der Waals surface area (Å²) >= 11 is 5.73. The molecule has 8 heteroatoms. The van der Waals surface area contributed by atoms with Crippen molar-refractivity contribution in [2.45, 2.75) is 23.8 Å². The van der Waals surface area contributed by atoms with Crippen LogP contribution in [0.25, 0.3) is 0 Å². The zero-order valence-electron chi connectivity index (χ0n) is 9.69. The summed E-state index contributed by atoms with van der Waals surface area (Å²) in [6.07, 6.45) is 3.34. The molecular weight excluding hydrogens is 276 g/mol. The Balaban J connectivity index is 2.12. The van der Waals surface area contributed by atoms with Crippen molar-refractivity contribution in [3.8, 4) is 0 Å². The maximum absolute atomic E-state index is 12.0. The second-order valence-electron chi connectivity index (χ2n) is 4.18. The van der Waals surface area contributed by atoms with E-state index >= 15 is 0 Å². The summed E-state index contributed by atoms with van der Waals surface area (Å²) in [5.41, 5.74) is 5.55. The molecule has 0 amide bonds. The minimum Gasteiger partial charge on any atom is -0.383 e. The highest BCUT2D eigenvalue weighted by Crippen LogP contribution is 2.20. The van der Waals surface area contributed by atoms with Gasteiger partial charge in [-0.1, -0.05) is 11.6 Å². The topological polar surface area (TPSA) is 97.1 Å². The van der Waals surface area contributed by atoms with Gasteiger partial charge in [-0.15, -0.1) is 0 Å². The standard InChI is InChI=1S/C10H15ClN4O2S/c11-7-4-9(10(12)14-5-7)18(16,17)15-6-8-2-1-3-13-8/h4-5,8,13,15H,1-3,6H2,(H2,12,14). The second kappa shape index (κ2) is 5.40. The molecule has 0 saturated carbocycles. The van der Waals surface area contributed by atoms with E-state index in [0.29, 0.717) is 6.54 Å². The average molecular weight is 291 g/mol. The van der Waals surface area contributed by atoms with Crippen LogP contribution >= 0.6 is 11.6 Å². The van der Waals surface area contributed by atoms with Crippen molar-refractivity contribution >= 4 is 27.4 Å². The highest BCUT2D eigenvalue weighted by atomic mass is 35.5. The van der Waals surface area contributed by atoms with Crippen LogP contribution in [0.2, 0.25) is 5.02 Å². The summed E-state index contributed by atoms with van der Waals surface area (Å²) in [5.74, 6) is -0.0497. The maximum atomic E-state index is 12.0.